The van der Waals surface area contributed by atoms with Crippen LogP contribution in [0.2, 0.25) is 0 Å². The van der Waals surface area contributed by atoms with Gasteiger partial charge in [0.2, 0.25) is 0 Å². The molecule has 1 saturated heterocycles. The van der Waals surface area contributed by atoms with Crippen molar-refractivity contribution in [3.63, 3.8) is 0 Å². The van der Waals surface area contributed by atoms with Crippen LogP contribution in [-0.4, -0.2) is 30.0 Å². The predicted molar refractivity (Wildman–Crippen MR) is 73.2 cm³/mol. The van der Waals surface area contributed by atoms with Gasteiger partial charge in [-0.05, 0) is 32.2 Å². The fourth-order valence-corrected chi connectivity index (χ4v) is 2.39. The fraction of sp³-hybridized carbons (Fsp3) is 0.714. The Kier molecular flexibility index (Phi) is 4.96. The molecule has 1 aliphatic rings. The number of rotatable bonds is 5. The lowest BCUT2D eigenvalue weighted by Crippen LogP contribution is -2.34. The van der Waals surface area contributed by atoms with Gasteiger partial charge in [-0.2, -0.15) is 0 Å². The van der Waals surface area contributed by atoms with Crippen molar-refractivity contribution in [2.45, 2.75) is 51.5 Å². The summed E-state index contributed by atoms with van der Waals surface area (Å²) in [5, 5.41) is 6.29. The first-order valence-corrected chi connectivity index (χ1v) is 7.21. The first kappa shape index (κ1) is 14.1. The molecule has 2 N–H and O–H groups in total. The van der Waals surface area contributed by atoms with Crippen molar-refractivity contribution in [3.05, 3.63) is 17.8 Å². The summed E-state index contributed by atoms with van der Waals surface area (Å²) in [5.74, 6) is 0.845. The van der Waals surface area contributed by atoms with E-state index < -0.39 is 0 Å². The number of aromatic nitrogens is 1. The van der Waals surface area contributed by atoms with E-state index in [2.05, 4.69) is 29.5 Å². The van der Waals surface area contributed by atoms with Crippen LogP contribution in [0.1, 0.15) is 61.8 Å². The minimum Gasteiger partial charge on any atom is -0.448 e. The van der Waals surface area contributed by atoms with E-state index in [9.17, 15) is 4.79 Å². The number of piperidine rings is 1. The molecule has 0 saturated carbocycles. The Labute approximate surface area is 114 Å². The van der Waals surface area contributed by atoms with Crippen LogP contribution in [0.4, 0.5) is 0 Å². The molecule has 0 aromatic carbocycles. The molecule has 5 heteroatoms. The number of carbonyl (C=O) groups excluding carboxylic acids is 1. The normalized spacial score (nSPS) is 19.6. The van der Waals surface area contributed by atoms with E-state index in [1.165, 1.54) is 6.26 Å². The molecule has 1 fully saturated rings. The Balaban J connectivity index is 1.97. The molecule has 19 heavy (non-hydrogen) atoms. The minimum absolute atomic E-state index is 0.132. The molecule has 1 amide bonds. The summed E-state index contributed by atoms with van der Waals surface area (Å²) in [6.45, 7) is 6.07. The molecule has 0 aliphatic carbocycles. The van der Waals surface area contributed by atoms with Gasteiger partial charge in [0, 0.05) is 18.5 Å². The zero-order valence-corrected chi connectivity index (χ0v) is 11.7. The maximum Gasteiger partial charge on any atom is 0.273 e. The third kappa shape index (κ3) is 3.56. The molecular weight excluding hydrogens is 242 g/mol. The minimum atomic E-state index is -0.132. The molecule has 2 rings (SSSR count). The highest BCUT2D eigenvalue weighted by molar-refractivity contribution is 5.92. The second-order valence-electron chi connectivity index (χ2n) is 5.10. The standard InChI is InChI=1S/C14H23N3O2/c1-3-11(4-2)16-13(18)12-9-19-14(17-12)10-6-5-7-15-8-10/h9-11,15H,3-8H2,1-2H3,(H,16,18). The van der Waals surface area contributed by atoms with Crippen molar-refractivity contribution >= 4 is 5.91 Å². The zero-order chi connectivity index (χ0) is 13.7. The highest BCUT2D eigenvalue weighted by Gasteiger charge is 2.22. The van der Waals surface area contributed by atoms with Crippen LogP contribution >= 0.6 is 0 Å². The molecule has 1 aromatic rings. The Bertz CT molecular complexity index is 407. The highest BCUT2D eigenvalue weighted by atomic mass is 16.3. The molecule has 106 valence electrons. The largest absolute Gasteiger partial charge is 0.448 e. The number of hydrogen-bond acceptors (Lipinski definition) is 4. The number of oxazole rings is 1. The monoisotopic (exact) mass is 265 g/mol. The zero-order valence-electron chi connectivity index (χ0n) is 11.7. The molecule has 0 spiro atoms. The summed E-state index contributed by atoms with van der Waals surface area (Å²) in [4.78, 5) is 16.4. The van der Waals surface area contributed by atoms with Crippen LogP contribution in [-0.2, 0) is 0 Å². The van der Waals surface area contributed by atoms with Crippen LogP contribution in [0.5, 0.6) is 0 Å². The highest BCUT2D eigenvalue weighted by Crippen LogP contribution is 2.22. The molecule has 0 bridgehead atoms. The van der Waals surface area contributed by atoms with Gasteiger partial charge in [0.1, 0.15) is 6.26 Å². The summed E-state index contributed by atoms with van der Waals surface area (Å²) in [7, 11) is 0. The number of hydrogen-bond donors (Lipinski definition) is 2. The molecule has 1 aromatic heterocycles. The van der Waals surface area contributed by atoms with Gasteiger partial charge in [0.25, 0.3) is 5.91 Å². The summed E-state index contributed by atoms with van der Waals surface area (Å²) in [5.41, 5.74) is 0.396. The van der Waals surface area contributed by atoms with Crippen LogP contribution in [0, 0.1) is 0 Å². The second-order valence-corrected chi connectivity index (χ2v) is 5.10. The molecule has 1 unspecified atom stereocenters. The SMILES string of the molecule is CCC(CC)NC(=O)c1coc(C2CCCNC2)n1. The molecule has 1 aliphatic heterocycles. The van der Waals surface area contributed by atoms with Crippen molar-refractivity contribution in [1.29, 1.82) is 0 Å². The van der Waals surface area contributed by atoms with Crippen LogP contribution in [0.3, 0.4) is 0 Å². The maximum atomic E-state index is 12.0. The lowest BCUT2D eigenvalue weighted by atomic mass is 10.00. The number of amides is 1. The van der Waals surface area contributed by atoms with Crippen molar-refractivity contribution in [2.75, 3.05) is 13.1 Å². The molecule has 0 radical (unpaired) electrons. The molecule has 5 nitrogen and oxygen atoms in total. The maximum absolute atomic E-state index is 12.0. The van der Waals surface area contributed by atoms with Crippen molar-refractivity contribution in [1.82, 2.24) is 15.6 Å². The Morgan fingerprint density at radius 3 is 3.00 bits per heavy atom. The third-order valence-corrected chi connectivity index (χ3v) is 3.72. The van der Waals surface area contributed by atoms with Gasteiger partial charge in [-0.15, -0.1) is 0 Å². The van der Waals surface area contributed by atoms with Gasteiger partial charge in [-0.25, -0.2) is 4.98 Å². The van der Waals surface area contributed by atoms with Crippen molar-refractivity contribution < 1.29 is 9.21 Å². The van der Waals surface area contributed by atoms with E-state index in [0.29, 0.717) is 17.5 Å². The van der Waals surface area contributed by atoms with Gasteiger partial charge in [-0.3, -0.25) is 4.79 Å². The molecule has 2 heterocycles. The molecular formula is C14H23N3O2. The van der Waals surface area contributed by atoms with E-state index >= 15 is 0 Å². The first-order chi connectivity index (χ1) is 9.24. The second kappa shape index (κ2) is 6.70. The smallest absolute Gasteiger partial charge is 0.273 e. The topological polar surface area (TPSA) is 67.2 Å². The van der Waals surface area contributed by atoms with Gasteiger partial charge < -0.3 is 15.1 Å². The number of nitrogens with zero attached hydrogens (tertiary/aromatic N) is 1. The molecule has 1 atom stereocenters. The van der Waals surface area contributed by atoms with Crippen molar-refractivity contribution in [3.8, 4) is 0 Å². The average Bonchev–Trinajstić information content (AvgIpc) is 2.95. The van der Waals surface area contributed by atoms with E-state index in [1.807, 2.05) is 0 Å². The predicted octanol–water partition coefficient (Wildman–Crippen LogP) is 2.06. The lowest BCUT2D eigenvalue weighted by molar-refractivity contribution is 0.0929. The Hall–Kier alpha value is -1.36. The summed E-state index contributed by atoms with van der Waals surface area (Å²) in [6, 6.07) is 0.212. The van der Waals surface area contributed by atoms with E-state index in [1.54, 1.807) is 0 Å². The van der Waals surface area contributed by atoms with Gasteiger partial charge in [0.15, 0.2) is 11.6 Å². The Morgan fingerprint density at radius 2 is 2.37 bits per heavy atom. The third-order valence-electron chi connectivity index (χ3n) is 3.72. The van der Waals surface area contributed by atoms with Crippen molar-refractivity contribution in [2.24, 2.45) is 0 Å². The van der Waals surface area contributed by atoms with Gasteiger partial charge >= 0.3 is 0 Å². The van der Waals surface area contributed by atoms with Crippen LogP contribution < -0.4 is 10.6 Å². The lowest BCUT2D eigenvalue weighted by Gasteiger charge is -2.19. The average molecular weight is 265 g/mol. The Morgan fingerprint density at radius 1 is 1.58 bits per heavy atom. The van der Waals surface area contributed by atoms with Gasteiger partial charge in [-0.1, -0.05) is 13.8 Å². The summed E-state index contributed by atoms with van der Waals surface area (Å²) < 4.78 is 5.46. The number of nitrogens with one attached hydrogen (secondary N) is 2. The van der Waals surface area contributed by atoms with Gasteiger partial charge in [0.05, 0.1) is 0 Å². The summed E-state index contributed by atoms with van der Waals surface area (Å²) >= 11 is 0. The fourth-order valence-electron chi connectivity index (χ4n) is 2.39. The number of carbonyl (C=O) groups is 1. The van der Waals surface area contributed by atoms with E-state index in [0.717, 1.165) is 38.8 Å². The summed E-state index contributed by atoms with van der Waals surface area (Å²) in [6.07, 6.45) is 5.53. The van der Waals surface area contributed by atoms with Crippen LogP contribution in [0.25, 0.3) is 0 Å². The van der Waals surface area contributed by atoms with E-state index in [4.69, 9.17) is 4.42 Å². The van der Waals surface area contributed by atoms with E-state index in [-0.39, 0.29) is 11.9 Å². The van der Waals surface area contributed by atoms with Crippen LogP contribution in [0.15, 0.2) is 10.7 Å². The first-order valence-electron chi connectivity index (χ1n) is 7.21. The quantitative estimate of drug-likeness (QED) is 0.855.